The molecule has 3 heterocycles. The fourth-order valence-corrected chi connectivity index (χ4v) is 4.64. The number of anilines is 1. The van der Waals surface area contributed by atoms with Crippen molar-refractivity contribution in [2.75, 3.05) is 19.0 Å². The summed E-state index contributed by atoms with van der Waals surface area (Å²) in [6, 6.07) is 17.4. The van der Waals surface area contributed by atoms with Gasteiger partial charge in [-0.25, -0.2) is 4.52 Å². The predicted octanol–water partition coefficient (Wildman–Crippen LogP) is 3.45. The van der Waals surface area contributed by atoms with Gasteiger partial charge in [0.1, 0.15) is 5.75 Å². The van der Waals surface area contributed by atoms with Gasteiger partial charge in [0.05, 0.1) is 18.7 Å². The molecule has 0 saturated carbocycles. The molecule has 1 N–H and O–H groups in total. The number of nitrogens with zero attached hydrogens (tertiary/aromatic N) is 4. The first-order chi connectivity index (χ1) is 15.6. The number of carbonyl (C=O) groups excluding carboxylic acids is 2. The van der Waals surface area contributed by atoms with Crippen molar-refractivity contribution in [3.63, 3.8) is 0 Å². The Kier molecular flexibility index (Phi) is 5.32. The number of hydrogen-bond donors (Lipinski definition) is 1. The molecule has 1 atom stereocenters. The van der Waals surface area contributed by atoms with E-state index in [9.17, 15) is 9.59 Å². The molecule has 1 fully saturated rings. The number of fused-ring (bicyclic) bond motifs is 1. The summed E-state index contributed by atoms with van der Waals surface area (Å²) in [5.41, 5.74) is 2.90. The third-order valence-corrected chi connectivity index (χ3v) is 6.32. The van der Waals surface area contributed by atoms with Crippen LogP contribution in [-0.4, -0.2) is 45.0 Å². The normalized spacial score (nSPS) is 16.0. The third kappa shape index (κ3) is 3.94. The smallest absolute Gasteiger partial charge is 0.250 e. The number of amides is 2. The largest absolute Gasteiger partial charge is 0.497 e. The van der Waals surface area contributed by atoms with E-state index in [1.54, 1.807) is 16.5 Å². The van der Waals surface area contributed by atoms with Crippen LogP contribution in [0.3, 0.4) is 0 Å². The first-order valence-corrected chi connectivity index (χ1v) is 11.1. The van der Waals surface area contributed by atoms with Crippen LogP contribution in [0.25, 0.3) is 16.2 Å². The summed E-state index contributed by atoms with van der Waals surface area (Å²) < 4.78 is 6.92. The van der Waals surface area contributed by atoms with E-state index < -0.39 is 5.92 Å². The van der Waals surface area contributed by atoms with E-state index in [2.05, 4.69) is 15.4 Å². The van der Waals surface area contributed by atoms with Gasteiger partial charge in [-0.1, -0.05) is 30.3 Å². The standard InChI is InChI=1S/C23H21N5O3S/c1-31-18-9-7-16(8-10-18)19-14-32-23-25-22(26-28(19)23)24-21(30)17-11-20(29)27(13-17)12-15-5-3-2-4-6-15/h2-10,14,17H,11-13H2,1H3,(H,24,26,30). The lowest BCUT2D eigenvalue weighted by Crippen LogP contribution is -2.28. The highest BCUT2D eigenvalue weighted by Crippen LogP contribution is 2.28. The molecule has 0 bridgehead atoms. The number of nitrogens with one attached hydrogen (secondary N) is 1. The number of hydrogen-bond acceptors (Lipinski definition) is 6. The van der Waals surface area contributed by atoms with Gasteiger partial charge in [0.2, 0.25) is 22.7 Å². The Morgan fingerprint density at radius 2 is 1.97 bits per heavy atom. The molecule has 0 radical (unpaired) electrons. The van der Waals surface area contributed by atoms with Crippen LogP contribution in [0.2, 0.25) is 0 Å². The van der Waals surface area contributed by atoms with Crippen molar-refractivity contribution in [2.24, 2.45) is 5.92 Å². The zero-order valence-corrected chi connectivity index (χ0v) is 18.2. The molecular weight excluding hydrogens is 426 g/mol. The number of benzene rings is 2. The average molecular weight is 448 g/mol. The highest BCUT2D eigenvalue weighted by Gasteiger charge is 2.34. The Labute approximate surface area is 188 Å². The second kappa shape index (κ2) is 8.43. The number of rotatable bonds is 6. The zero-order chi connectivity index (χ0) is 22.1. The summed E-state index contributed by atoms with van der Waals surface area (Å²) in [6.07, 6.45) is 0.192. The summed E-state index contributed by atoms with van der Waals surface area (Å²) >= 11 is 1.45. The van der Waals surface area contributed by atoms with Gasteiger partial charge >= 0.3 is 0 Å². The SMILES string of the molecule is COc1ccc(-c2csc3nc(NC(=O)C4CC(=O)N(Cc5ccccc5)C4)nn23)cc1. The van der Waals surface area contributed by atoms with Crippen molar-refractivity contribution in [2.45, 2.75) is 13.0 Å². The zero-order valence-electron chi connectivity index (χ0n) is 17.4. The Balaban J connectivity index is 1.28. The minimum Gasteiger partial charge on any atom is -0.497 e. The fourth-order valence-electron chi connectivity index (χ4n) is 3.81. The van der Waals surface area contributed by atoms with Crippen molar-refractivity contribution < 1.29 is 14.3 Å². The number of likely N-dealkylation sites (tertiary alicyclic amines) is 1. The molecule has 4 aromatic rings. The van der Waals surface area contributed by atoms with Crippen molar-refractivity contribution in [3.8, 4) is 17.0 Å². The topological polar surface area (TPSA) is 88.8 Å². The maximum absolute atomic E-state index is 12.8. The van der Waals surface area contributed by atoms with E-state index in [1.165, 1.54) is 11.3 Å². The van der Waals surface area contributed by atoms with Crippen LogP contribution in [0.1, 0.15) is 12.0 Å². The van der Waals surface area contributed by atoms with Crippen LogP contribution in [0.4, 0.5) is 5.95 Å². The molecule has 8 nitrogen and oxygen atoms in total. The van der Waals surface area contributed by atoms with Crippen LogP contribution >= 0.6 is 11.3 Å². The highest BCUT2D eigenvalue weighted by atomic mass is 32.1. The molecule has 2 aromatic carbocycles. The van der Waals surface area contributed by atoms with Gasteiger partial charge in [0.25, 0.3) is 0 Å². The molecule has 1 aliphatic heterocycles. The lowest BCUT2D eigenvalue weighted by Gasteiger charge is -2.16. The van der Waals surface area contributed by atoms with Gasteiger partial charge in [-0.05, 0) is 29.8 Å². The van der Waals surface area contributed by atoms with Crippen LogP contribution in [0.15, 0.2) is 60.0 Å². The summed E-state index contributed by atoms with van der Waals surface area (Å²) in [7, 11) is 1.63. The quantitative estimate of drug-likeness (QED) is 0.489. The van der Waals surface area contributed by atoms with E-state index in [0.29, 0.717) is 18.1 Å². The molecule has 162 valence electrons. The van der Waals surface area contributed by atoms with Gasteiger partial charge in [-0.2, -0.15) is 4.98 Å². The van der Waals surface area contributed by atoms with Gasteiger partial charge < -0.3 is 9.64 Å². The van der Waals surface area contributed by atoms with Crippen molar-refractivity contribution >= 4 is 34.1 Å². The highest BCUT2D eigenvalue weighted by molar-refractivity contribution is 7.15. The maximum atomic E-state index is 12.8. The summed E-state index contributed by atoms with van der Waals surface area (Å²) in [4.78, 5) is 32.0. The molecule has 2 aromatic heterocycles. The molecule has 9 heteroatoms. The minimum absolute atomic E-state index is 0.0189. The average Bonchev–Trinajstić information content (AvgIpc) is 3.49. The third-order valence-electron chi connectivity index (χ3n) is 5.50. The van der Waals surface area contributed by atoms with Crippen LogP contribution < -0.4 is 10.1 Å². The van der Waals surface area contributed by atoms with Gasteiger partial charge in [-0.3, -0.25) is 14.9 Å². The summed E-state index contributed by atoms with van der Waals surface area (Å²) in [5.74, 6) is 0.339. The Morgan fingerprint density at radius 3 is 2.72 bits per heavy atom. The van der Waals surface area contributed by atoms with E-state index in [-0.39, 0.29) is 24.2 Å². The number of aromatic nitrogens is 3. The molecule has 1 saturated heterocycles. The fraction of sp³-hybridized carbons (Fsp3) is 0.217. The first kappa shape index (κ1) is 20.2. The minimum atomic E-state index is -0.422. The monoisotopic (exact) mass is 447 g/mol. The Bertz CT molecular complexity index is 1270. The van der Waals surface area contributed by atoms with Crippen molar-refractivity contribution in [1.82, 2.24) is 19.5 Å². The summed E-state index contributed by atoms with van der Waals surface area (Å²) in [5, 5.41) is 9.22. The lowest BCUT2D eigenvalue weighted by molar-refractivity contribution is -0.128. The number of thiazole rings is 1. The molecule has 2 amide bonds. The summed E-state index contributed by atoms with van der Waals surface area (Å²) in [6.45, 7) is 0.895. The second-order valence-corrected chi connectivity index (χ2v) is 8.47. The molecule has 0 aliphatic carbocycles. The molecule has 5 rings (SSSR count). The van der Waals surface area contributed by atoms with Crippen LogP contribution in [0.5, 0.6) is 5.75 Å². The van der Waals surface area contributed by atoms with Gasteiger partial charge in [0, 0.05) is 30.5 Å². The Morgan fingerprint density at radius 1 is 1.19 bits per heavy atom. The van der Waals surface area contributed by atoms with Crippen LogP contribution in [-0.2, 0) is 16.1 Å². The van der Waals surface area contributed by atoms with Gasteiger partial charge in [0.15, 0.2) is 0 Å². The molecule has 1 aliphatic rings. The van der Waals surface area contributed by atoms with E-state index in [4.69, 9.17) is 4.74 Å². The maximum Gasteiger partial charge on any atom is 0.250 e. The number of methoxy groups -OCH3 is 1. The second-order valence-electron chi connectivity index (χ2n) is 7.63. The lowest BCUT2D eigenvalue weighted by atomic mass is 10.1. The Hall–Kier alpha value is -3.72. The molecular formula is C23H21N5O3S. The van der Waals surface area contributed by atoms with E-state index in [0.717, 1.165) is 22.6 Å². The van der Waals surface area contributed by atoms with E-state index in [1.807, 2.05) is 60.0 Å². The number of carbonyl (C=O) groups is 2. The number of ether oxygens (including phenoxy) is 1. The van der Waals surface area contributed by atoms with Crippen molar-refractivity contribution in [1.29, 1.82) is 0 Å². The predicted molar refractivity (Wildman–Crippen MR) is 121 cm³/mol. The molecule has 32 heavy (non-hydrogen) atoms. The van der Waals surface area contributed by atoms with Crippen molar-refractivity contribution in [3.05, 3.63) is 65.5 Å². The van der Waals surface area contributed by atoms with Gasteiger partial charge in [-0.15, -0.1) is 16.4 Å². The first-order valence-electron chi connectivity index (χ1n) is 10.2. The molecule has 1 unspecified atom stereocenters. The van der Waals surface area contributed by atoms with Crippen LogP contribution in [0, 0.1) is 5.92 Å². The van der Waals surface area contributed by atoms with E-state index >= 15 is 0 Å². The molecule has 0 spiro atoms.